The van der Waals surface area contributed by atoms with Crippen LogP contribution in [0, 0.1) is 0 Å². The minimum Gasteiger partial charge on any atom is -0.350 e. The van der Waals surface area contributed by atoms with Crippen molar-refractivity contribution in [3.05, 3.63) is 0 Å². The van der Waals surface area contributed by atoms with Crippen molar-refractivity contribution in [3.63, 3.8) is 0 Å². The van der Waals surface area contributed by atoms with Crippen molar-refractivity contribution >= 4 is 7.60 Å². The Hall–Kier alpha value is 0.0700. The van der Waals surface area contributed by atoms with E-state index in [4.69, 9.17) is 19.3 Å². The highest BCUT2D eigenvalue weighted by Gasteiger charge is 2.21. The summed E-state index contributed by atoms with van der Waals surface area (Å²) in [7, 11) is -3.88. The number of hydrogen-bond donors (Lipinski definition) is 2. The van der Waals surface area contributed by atoms with Crippen LogP contribution in [-0.4, -0.2) is 35.5 Å². The third kappa shape index (κ3) is 3.84. The maximum atomic E-state index is 10.4. The van der Waals surface area contributed by atoms with Crippen molar-refractivity contribution < 1.29 is 23.8 Å². The molecule has 0 atom stereocenters. The number of hydrogen-bond acceptors (Lipinski definition) is 3. The summed E-state index contributed by atoms with van der Waals surface area (Å²) in [6.07, 6.45) is -0.315. The molecule has 1 heterocycles. The lowest BCUT2D eigenvalue weighted by molar-refractivity contribution is -0.0430. The van der Waals surface area contributed by atoms with Crippen LogP contribution in [0.4, 0.5) is 0 Å². The maximum absolute atomic E-state index is 10.4. The fourth-order valence-corrected chi connectivity index (χ4v) is 1.39. The molecule has 11 heavy (non-hydrogen) atoms. The Balaban J connectivity index is 2.16. The molecule has 0 aromatic carbocycles. The number of ether oxygens (including phenoxy) is 2. The summed E-state index contributed by atoms with van der Waals surface area (Å²) in [4.78, 5) is 17.0. The van der Waals surface area contributed by atoms with Crippen molar-refractivity contribution in [2.24, 2.45) is 0 Å². The summed E-state index contributed by atoms with van der Waals surface area (Å²) in [5.74, 6) is 0. The van der Waals surface area contributed by atoms with E-state index in [1.54, 1.807) is 0 Å². The van der Waals surface area contributed by atoms with Crippen LogP contribution in [0.5, 0.6) is 0 Å². The van der Waals surface area contributed by atoms with E-state index in [0.29, 0.717) is 13.2 Å². The van der Waals surface area contributed by atoms with Gasteiger partial charge in [0.05, 0.1) is 19.4 Å². The average Bonchev–Trinajstić information content (AvgIpc) is 2.32. The van der Waals surface area contributed by atoms with E-state index in [2.05, 4.69) is 0 Å². The zero-order valence-corrected chi connectivity index (χ0v) is 6.87. The van der Waals surface area contributed by atoms with Crippen molar-refractivity contribution in [1.82, 2.24) is 0 Å². The van der Waals surface area contributed by atoms with Crippen LogP contribution in [0.25, 0.3) is 0 Å². The summed E-state index contributed by atoms with van der Waals surface area (Å²) < 4.78 is 20.3. The van der Waals surface area contributed by atoms with Gasteiger partial charge in [-0.05, 0) is 0 Å². The molecular formula is C5H11O5P. The molecule has 0 spiro atoms. The molecule has 6 heteroatoms. The fourth-order valence-electron chi connectivity index (χ4n) is 0.847. The fraction of sp³-hybridized carbons (Fsp3) is 1.00. The second-order valence-corrected chi connectivity index (χ2v) is 4.12. The summed E-state index contributed by atoms with van der Waals surface area (Å²) in [6, 6.07) is 0. The second kappa shape index (κ2) is 3.65. The van der Waals surface area contributed by atoms with Crippen molar-refractivity contribution in [1.29, 1.82) is 0 Å². The SMILES string of the molecule is O=P(O)(O)CCC1OCCO1. The van der Waals surface area contributed by atoms with Crippen LogP contribution in [0.3, 0.4) is 0 Å². The van der Waals surface area contributed by atoms with Gasteiger partial charge in [0.2, 0.25) is 0 Å². The van der Waals surface area contributed by atoms with Crippen LogP contribution in [0.2, 0.25) is 0 Å². The third-order valence-electron chi connectivity index (χ3n) is 1.35. The molecule has 0 amide bonds. The van der Waals surface area contributed by atoms with Crippen molar-refractivity contribution in [3.8, 4) is 0 Å². The van der Waals surface area contributed by atoms with Crippen LogP contribution in [0.15, 0.2) is 0 Å². The minimum absolute atomic E-state index is 0.169. The van der Waals surface area contributed by atoms with E-state index in [9.17, 15) is 4.57 Å². The summed E-state index contributed by atoms with van der Waals surface area (Å²) in [5.41, 5.74) is 0. The molecule has 0 saturated carbocycles. The molecule has 0 radical (unpaired) electrons. The van der Waals surface area contributed by atoms with Crippen LogP contribution >= 0.6 is 7.60 Å². The van der Waals surface area contributed by atoms with E-state index in [1.165, 1.54) is 0 Å². The first kappa shape index (κ1) is 9.16. The summed E-state index contributed by atoms with van der Waals surface area (Å²) >= 11 is 0. The maximum Gasteiger partial charge on any atom is 0.325 e. The average molecular weight is 182 g/mol. The first-order valence-electron chi connectivity index (χ1n) is 3.36. The molecule has 0 unspecified atom stereocenters. The second-order valence-electron chi connectivity index (χ2n) is 2.35. The lowest BCUT2D eigenvalue weighted by atomic mass is 10.5. The van der Waals surface area contributed by atoms with Crippen molar-refractivity contribution in [2.45, 2.75) is 12.7 Å². The van der Waals surface area contributed by atoms with Crippen LogP contribution < -0.4 is 0 Å². The molecule has 0 aromatic rings. The van der Waals surface area contributed by atoms with E-state index >= 15 is 0 Å². The monoisotopic (exact) mass is 182 g/mol. The Kier molecular flexibility index (Phi) is 3.04. The highest BCUT2D eigenvalue weighted by atomic mass is 31.2. The number of rotatable bonds is 3. The Morgan fingerprint density at radius 2 is 1.91 bits per heavy atom. The van der Waals surface area contributed by atoms with Gasteiger partial charge in [-0.15, -0.1) is 0 Å². The van der Waals surface area contributed by atoms with Gasteiger partial charge < -0.3 is 19.3 Å². The molecule has 0 aromatic heterocycles. The lowest BCUT2D eigenvalue weighted by Gasteiger charge is -2.08. The zero-order valence-electron chi connectivity index (χ0n) is 5.97. The van der Waals surface area contributed by atoms with Gasteiger partial charge in [0.15, 0.2) is 6.29 Å². The summed E-state index contributed by atoms with van der Waals surface area (Å²) in [6.45, 7) is 1.04. The van der Waals surface area contributed by atoms with E-state index in [-0.39, 0.29) is 12.6 Å². The topological polar surface area (TPSA) is 76.0 Å². The van der Waals surface area contributed by atoms with Crippen LogP contribution in [-0.2, 0) is 14.0 Å². The molecule has 1 fully saturated rings. The lowest BCUT2D eigenvalue weighted by Crippen LogP contribution is -2.09. The van der Waals surface area contributed by atoms with E-state index in [1.807, 2.05) is 0 Å². The first-order chi connectivity index (χ1) is 5.08. The minimum atomic E-state index is -3.88. The molecule has 1 rings (SSSR count). The van der Waals surface area contributed by atoms with Crippen molar-refractivity contribution in [2.75, 3.05) is 19.4 Å². The van der Waals surface area contributed by atoms with E-state index < -0.39 is 13.9 Å². The molecule has 5 nitrogen and oxygen atoms in total. The molecular weight excluding hydrogens is 171 g/mol. The van der Waals surface area contributed by atoms with E-state index in [0.717, 1.165) is 0 Å². The summed E-state index contributed by atoms with van der Waals surface area (Å²) in [5, 5.41) is 0. The normalized spacial score (nSPS) is 20.9. The van der Waals surface area contributed by atoms with Gasteiger partial charge in [-0.1, -0.05) is 0 Å². The molecule has 66 valence electrons. The molecule has 1 aliphatic rings. The van der Waals surface area contributed by atoms with Gasteiger partial charge in [0.1, 0.15) is 0 Å². The zero-order chi connectivity index (χ0) is 8.32. The van der Waals surface area contributed by atoms with Gasteiger partial charge in [-0.25, -0.2) is 0 Å². The smallest absolute Gasteiger partial charge is 0.325 e. The largest absolute Gasteiger partial charge is 0.350 e. The first-order valence-corrected chi connectivity index (χ1v) is 5.15. The highest BCUT2D eigenvalue weighted by molar-refractivity contribution is 7.51. The van der Waals surface area contributed by atoms with Gasteiger partial charge in [0, 0.05) is 6.42 Å². The standard InChI is InChI=1S/C5H11O5P/c6-11(7,8)4-1-5-9-2-3-10-5/h5H,1-4H2,(H2,6,7,8). The van der Waals surface area contributed by atoms with Gasteiger partial charge >= 0.3 is 7.60 Å². The predicted octanol–water partition coefficient (Wildman–Crippen LogP) is -0.0729. The molecule has 0 aliphatic carbocycles. The molecule has 2 N–H and O–H groups in total. The molecule has 1 saturated heterocycles. The molecule has 0 bridgehead atoms. The Labute approximate surface area is 64.5 Å². The van der Waals surface area contributed by atoms with Gasteiger partial charge in [-0.2, -0.15) is 0 Å². The predicted molar refractivity (Wildman–Crippen MR) is 37.2 cm³/mol. The molecule has 1 aliphatic heterocycles. The van der Waals surface area contributed by atoms with Gasteiger partial charge in [-0.3, -0.25) is 4.57 Å². The highest BCUT2D eigenvalue weighted by Crippen LogP contribution is 2.35. The Morgan fingerprint density at radius 1 is 1.36 bits per heavy atom. The quantitative estimate of drug-likeness (QED) is 0.597. The Morgan fingerprint density at radius 3 is 2.36 bits per heavy atom. The van der Waals surface area contributed by atoms with Crippen LogP contribution in [0.1, 0.15) is 6.42 Å². The van der Waals surface area contributed by atoms with Gasteiger partial charge in [0.25, 0.3) is 0 Å². The third-order valence-corrected chi connectivity index (χ3v) is 2.19. The Bertz CT molecular complexity index is 158.